The lowest BCUT2D eigenvalue weighted by Crippen LogP contribution is -2.31. The Labute approximate surface area is 121 Å². The summed E-state index contributed by atoms with van der Waals surface area (Å²) < 4.78 is 6.80. The molecule has 2 aromatic carbocycles. The Morgan fingerprint density at radius 1 is 1.21 bits per heavy atom. The topological polar surface area (TPSA) is 35.2 Å². The first-order valence-corrected chi connectivity index (χ1v) is 7.25. The van der Waals surface area contributed by atoms with Crippen molar-refractivity contribution in [1.82, 2.24) is 0 Å². The minimum absolute atomic E-state index is 0.0814. The van der Waals surface area contributed by atoms with Crippen molar-refractivity contribution in [1.29, 1.82) is 0 Å². The summed E-state index contributed by atoms with van der Waals surface area (Å²) in [7, 11) is 0. The van der Waals surface area contributed by atoms with Crippen LogP contribution in [0.3, 0.4) is 0 Å². The number of fused-ring (bicyclic) bond motifs is 1. The summed E-state index contributed by atoms with van der Waals surface area (Å²) in [5.74, 6) is 1.27. The molecule has 1 heterocycles. The Morgan fingerprint density at radius 2 is 2.05 bits per heavy atom. The Morgan fingerprint density at radius 3 is 2.89 bits per heavy atom. The molecule has 2 N–H and O–H groups in total. The maximum atomic E-state index is 6.38. The van der Waals surface area contributed by atoms with E-state index in [-0.39, 0.29) is 12.0 Å². The molecule has 3 heteroatoms. The fourth-order valence-corrected chi connectivity index (χ4v) is 3.07. The van der Waals surface area contributed by atoms with Gasteiger partial charge in [-0.05, 0) is 30.2 Å². The molecule has 98 valence electrons. The summed E-state index contributed by atoms with van der Waals surface area (Å²) >= 11 is 3.50. The van der Waals surface area contributed by atoms with E-state index in [9.17, 15) is 0 Å². The lowest BCUT2D eigenvalue weighted by Gasteiger charge is -2.18. The average molecular weight is 318 g/mol. The van der Waals surface area contributed by atoms with Crippen LogP contribution in [0.2, 0.25) is 0 Å². The van der Waals surface area contributed by atoms with Crippen LogP contribution in [0.5, 0.6) is 5.75 Å². The average Bonchev–Trinajstić information content (AvgIpc) is 2.82. The highest BCUT2D eigenvalue weighted by atomic mass is 79.9. The van der Waals surface area contributed by atoms with Crippen LogP contribution < -0.4 is 10.5 Å². The number of nitrogens with two attached hydrogens (primary N) is 1. The number of para-hydroxylation sites is 1. The third-order valence-corrected chi connectivity index (χ3v) is 4.11. The molecular formula is C16H16BrNO. The molecule has 0 amide bonds. The van der Waals surface area contributed by atoms with Gasteiger partial charge in [-0.1, -0.05) is 46.3 Å². The van der Waals surface area contributed by atoms with Gasteiger partial charge in [-0.25, -0.2) is 0 Å². The normalized spacial score (nSPS) is 18.7. The third-order valence-electron chi connectivity index (χ3n) is 3.61. The van der Waals surface area contributed by atoms with Gasteiger partial charge in [-0.3, -0.25) is 0 Å². The molecule has 19 heavy (non-hydrogen) atoms. The summed E-state index contributed by atoms with van der Waals surface area (Å²) in [6, 6.07) is 16.6. The van der Waals surface area contributed by atoms with Crippen LogP contribution in [0, 0.1) is 0 Å². The van der Waals surface area contributed by atoms with Gasteiger partial charge in [0.15, 0.2) is 0 Å². The first-order valence-electron chi connectivity index (χ1n) is 6.46. The SMILES string of the molecule is NC(Cc1cccc(Br)c1)C1COc2ccccc21. The quantitative estimate of drug-likeness (QED) is 0.940. The van der Waals surface area contributed by atoms with Crippen molar-refractivity contribution in [3.05, 3.63) is 64.1 Å². The van der Waals surface area contributed by atoms with Crippen LogP contribution in [0.4, 0.5) is 0 Å². The van der Waals surface area contributed by atoms with Crippen molar-refractivity contribution in [2.75, 3.05) is 6.61 Å². The molecule has 0 bridgehead atoms. The van der Waals surface area contributed by atoms with Crippen LogP contribution in [0.15, 0.2) is 53.0 Å². The number of hydrogen-bond acceptors (Lipinski definition) is 2. The molecule has 2 atom stereocenters. The lowest BCUT2D eigenvalue weighted by molar-refractivity contribution is 0.313. The second-order valence-corrected chi connectivity index (χ2v) is 5.87. The molecule has 2 aromatic rings. The van der Waals surface area contributed by atoms with E-state index in [1.807, 2.05) is 30.3 Å². The van der Waals surface area contributed by atoms with E-state index in [1.165, 1.54) is 11.1 Å². The largest absolute Gasteiger partial charge is 0.493 e. The van der Waals surface area contributed by atoms with Gasteiger partial charge in [0.05, 0.1) is 6.61 Å². The fourth-order valence-electron chi connectivity index (χ4n) is 2.62. The smallest absolute Gasteiger partial charge is 0.122 e. The van der Waals surface area contributed by atoms with E-state index in [2.05, 4.69) is 34.1 Å². The van der Waals surface area contributed by atoms with E-state index in [1.54, 1.807) is 0 Å². The summed E-state index contributed by atoms with van der Waals surface area (Å²) in [6.45, 7) is 0.689. The maximum absolute atomic E-state index is 6.38. The van der Waals surface area contributed by atoms with E-state index >= 15 is 0 Å². The van der Waals surface area contributed by atoms with Crippen molar-refractivity contribution < 1.29 is 4.74 Å². The van der Waals surface area contributed by atoms with Gasteiger partial charge in [0, 0.05) is 22.0 Å². The molecule has 0 aromatic heterocycles. The standard InChI is InChI=1S/C16H16BrNO/c17-12-5-3-4-11(8-12)9-15(18)14-10-19-16-7-2-1-6-13(14)16/h1-8,14-15H,9-10,18H2. The molecular weight excluding hydrogens is 302 g/mol. The third kappa shape index (κ3) is 2.67. The van der Waals surface area contributed by atoms with Crippen LogP contribution in [-0.4, -0.2) is 12.6 Å². The van der Waals surface area contributed by atoms with Crippen LogP contribution in [0.1, 0.15) is 17.0 Å². The van der Waals surface area contributed by atoms with Crippen molar-refractivity contribution in [2.24, 2.45) is 5.73 Å². The zero-order chi connectivity index (χ0) is 13.2. The van der Waals surface area contributed by atoms with Gasteiger partial charge in [-0.15, -0.1) is 0 Å². The minimum Gasteiger partial charge on any atom is -0.493 e. The Balaban J connectivity index is 1.77. The van der Waals surface area contributed by atoms with Crippen LogP contribution in [-0.2, 0) is 6.42 Å². The molecule has 2 nitrogen and oxygen atoms in total. The highest BCUT2D eigenvalue weighted by Crippen LogP contribution is 2.35. The lowest BCUT2D eigenvalue weighted by atomic mass is 9.90. The molecule has 0 saturated heterocycles. The van der Waals surface area contributed by atoms with E-state index in [0.29, 0.717) is 6.61 Å². The number of benzene rings is 2. The maximum Gasteiger partial charge on any atom is 0.122 e. The molecule has 0 fully saturated rings. The summed E-state index contributed by atoms with van der Waals surface area (Å²) in [5.41, 5.74) is 8.88. The predicted molar refractivity (Wildman–Crippen MR) is 80.5 cm³/mol. The van der Waals surface area contributed by atoms with Gasteiger partial charge in [0.2, 0.25) is 0 Å². The summed E-state index contributed by atoms with van der Waals surface area (Å²) in [5, 5.41) is 0. The zero-order valence-corrected chi connectivity index (χ0v) is 12.1. The molecule has 1 aliphatic heterocycles. The van der Waals surface area contributed by atoms with E-state index in [4.69, 9.17) is 10.5 Å². The first kappa shape index (κ1) is 12.7. The van der Waals surface area contributed by atoms with Crippen molar-refractivity contribution in [3.8, 4) is 5.75 Å². The van der Waals surface area contributed by atoms with Crippen molar-refractivity contribution in [3.63, 3.8) is 0 Å². The molecule has 0 aliphatic carbocycles. The molecule has 0 radical (unpaired) electrons. The van der Waals surface area contributed by atoms with Crippen LogP contribution >= 0.6 is 15.9 Å². The van der Waals surface area contributed by atoms with Gasteiger partial charge >= 0.3 is 0 Å². The summed E-state index contributed by atoms with van der Waals surface area (Å²) in [4.78, 5) is 0. The Hall–Kier alpha value is -1.32. The highest BCUT2D eigenvalue weighted by Gasteiger charge is 2.28. The van der Waals surface area contributed by atoms with Crippen molar-refractivity contribution in [2.45, 2.75) is 18.4 Å². The second-order valence-electron chi connectivity index (χ2n) is 4.95. The van der Waals surface area contributed by atoms with E-state index in [0.717, 1.165) is 16.6 Å². The molecule has 0 spiro atoms. The minimum atomic E-state index is 0.0814. The van der Waals surface area contributed by atoms with Crippen LogP contribution in [0.25, 0.3) is 0 Å². The zero-order valence-electron chi connectivity index (χ0n) is 10.6. The number of rotatable bonds is 3. The molecule has 2 unspecified atom stereocenters. The van der Waals surface area contributed by atoms with Gasteiger partial charge in [0.1, 0.15) is 5.75 Å². The predicted octanol–water partition coefficient (Wildman–Crippen LogP) is 3.50. The Kier molecular flexibility index (Phi) is 3.58. The first-order chi connectivity index (χ1) is 9.24. The van der Waals surface area contributed by atoms with Gasteiger partial charge < -0.3 is 10.5 Å². The summed E-state index contributed by atoms with van der Waals surface area (Å²) in [6.07, 6.45) is 0.863. The molecule has 3 rings (SSSR count). The van der Waals surface area contributed by atoms with Gasteiger partial charge in [0.25, 0.3) is 0 Å². The highest BCUT2D eigenvalue weighted by molar-refractivity contribution is 9.10. The number of hydrogen-bond donors (Lipinski definition) is 1. The van der Waals surface area contributed by atoms with E-state index < -0.39 is 0 Å². The molecule has 1 aliphatic rings. The number of halogens is 1. The van der Waals surface area contributed by atoms with Crippen molar-refractivity contribution >= 4 is 15.9 Å². The number of ether oxygens (including phenoxy) is 1. The molecule has 0 saturated carbocycles. The fraction of sp³-hybridized carbons (Fsp3) is 0.250. The second kappa shape index (κ2) is 5.35. The Bertz CT molecular complexity index is 584. The van der Waals surface area contributed by atoms with Gasteiger partial charge in [-0.2, -0.15) is 0 Å². The monoisotopic (exact) mass is 317 g/mol.